The van der Waals surface area contributed by atoms with Crippen LogP contribution in [0.15, 0.2) is 36.4 Å². The average Bonchev–Trinajstić information content (AvgIpc) is 2.21. The van der Waals surface area contributed by atoms with Gasteiger partial charge in [-0.2, -0.15) is 52.7 Å². The molecular weight excluding hydrogens is 1200 g/mol. The first-order chi connectivity index (χ1) is 41.1. The van der Waals surface area contributed by atoms with Gasteiger partial charge in [0.15, 0.2) is 0 Å². The lowest BCUT2D eigenvalue weighted by molar-refractivity contribution is -0.309. The molecule has 5 aliphatic heterocycles. The number of nitrogens with zero attached hydrogens (tertiary/aromatic N) is 7. The second-order valence-corrected chi connectivity index (χ2v) is 26.2. The molecule has 502 valence electrons. The number of benzene rings is 2. The van der Waals surface area contributed by atoms with Gasteiger partial charge in [-0.25, -0.2) is 9.59 Å². The standard InChI is InChI=1S/C30H42F6N4O4.C18H26N2O3.C13H17F6NO2/c1-21-16-22(18-23(17-21)38-14-12-37(13-15-38)20-24(41)44-27(2,3)4)19-40-9-5-6-28(40)7-10-39(11-8-28)26(42)43-25(29(31,32)33)30(34,35)36;1-14-9-15(13-21)11-16(10-14)20-7-5-19(6-8-20)12-17(22)23-18(2,3)4;14-12(15,16)9(13(17,18)19)22-10(21)20-7-5-11(6-8-20)3-1-2-4-11/h16-18,25H,5-15,19-20H2,1-4H3;9-11,13H,5-8,12H2,1-4H3;9H,1-8H2. The highest BCUT2D eigenvalue weighted by molar-refractivity contribution is 5.78. The third-order valence-electron chi connectivity index (χ3n) is 16.8. The number of alkyl halides is 12. The summed E-state index contributed by atoms with van der Waals surface area (Å²) in [6.07, 6.45) is -25.3. The van der Waals surface area contributed by atoms with Gasteiger partial charge >= 0.3 is 48.8 Å². The minimum absolute atomic E-state index is 0.0183. The highest BCUT2D eigenvalue weighted by atomic mass is 19.4. The molecule has 16 nitrogen and oxygen atoms in total. The molecule has 6 aliphatic rings. The Morgan fingerprint density at radius 2 is 0.876 bits per heavy atom. The number of carbonyl (C=O) groups excluding carboxylic acids is 5. The Morgan fingerprint density at radius 3 is 1.27 bits per heavy atom. The van der Waals surface area contributed by atoms with E-state index >= 15 is 0 Å². The Bertz CT molecular complexity index is 2660. The van der Waals surface area contributed by atoms with Crippen LogP contribution in [0.1, 0.15) is 133 Å². The zero-order valence-corrected chi connectivity index (χ0v) is 51.9. The number of hydrogen-bond donors (Lipinski definition) is 0. The van der Waals surface area contributed by atoms with E-state index in [2.05, 4.69) is 58.2 Å². The molecule has 6 fully saturated rings. The van der Waals surface area contributed by atoms with Crippen molar-refractivity contribution in [3.8, 4) is 0 Å². The average molecular weight is 1290 g/mol. The van der Waals surface area contributed by atoms with Crippen LogP contribution in [-0.4, -0.2) is 207 Å². The fraction of sp³-hybridized carbons (Fsp3) is 0.721. The molecule has 0 aromatic heterocycles. The van der Waals surface area contributed by atoms with Crippen molar-refractivity contribution < 1.29 is 95.6 Å². The Balaban J connectivity index is 0.000000235. The van der Waals surface area contributed by atoms with Crippen LogP contribution in [0.25, 0.3) is 0 Å². The molecule has 5 saturated heterocycles. The largest absolute Gasteiger partial charge is 0.459 e. The number of carbonyl (C=O) groups is 5. The Morgan fingerprint density at radius 1 is 0.483 bits per heavy atom. The van der Waals surface area contributed by atoms with Gasteiger partial charge in [0.25, 0.3) is 12.2 Å². The first kappa shape index (κ1) is 72.3. The highest BCUT2D eigenvalue weighted by Crippen LogP contribution is 2.47. The van der Waals surface area contributed by atoms with E-state index in [1.54, 1.807) is 0 Å². The third-order valence-corrected chi connectivity index (χ3v) is 16.8. The van der Waals surface area contributed by atoms with Crippen molar-refractivity contribution in [3.63, 3.8) is 0 Å². The second-order valence-electron chi connectivity index (χ2n) is 26.2. The van der Waals surface area contributed by atoms with Crippen LogP contribution in [0.2, 0.25) is 0 Å². The van der Waals surface area contributed by atoms with Crippen LogP contribution >= 0.6 is 0 Å². The smallest absolute Gasteiger partial charge is 0.434 e. The topological polar surface area (TPSA) is 145 Å². The SMILES string of the molecule is Cc1cc(C=O)cc(N2CCN(CC(=O)OC(C)(C)C)CC2)c1.Cc1cc(CN2CCCC23CCN(C(=O)OC(C(F)(F)F)C(F)(F)F)CC3)cc(N2CCN(CC(=O)OC(C)(C)C)CC2)c1.O=C(OC(C(F)(F)F)C(F)(F)F)N1CCC2(CCCC2)CC1. The predicted octanol–water partition coefficient (Wildman–Crippen LogP) is 12.1. The van der Waals surface area contributed by atoms with Crippen LogP contribution in [0, 0.1) is 19.3 Å². The predicted molar refractivity (Wildman–Crippen MR) is 306 cm³/mol. The van der Waals surface area contributed by atoms with Gasteiger partial charge in [-0.3, -0.25) is 29.1 Å². The number of amides is 2. The number of aryl methyl sites for hydroxylation is 2. The lowest BCUT2D eigenvalue weighted by Gasteiger charge is -2.45. The van der Waals surface area contributed by atoms with E-state index in [4.69, 9.17) is 9.47 Å². The van der Waals surface area contributed by atoms with Crippen molar-refractivity contribution in [3.05, 3.63) is 58.7 Å². The van der Waals surface area contributed by atoms with E-state index < -0.39 is 60.3 Å². The van der Waals surface area contributed by atoms with Crippen molar-refractivity contribution in [1.29, 1.82) is 0 Å². The summed E-state index contributed by atoms with van der Waals surface area (Å²) < 4.78 is 170. The molecule has 2 aromatic rings. The highest BCUT2D eigenvalue weighted by Gasteiger charge is 2.61. The molecule has 2 amide bonds. The number of anilines is 2. The molecule has 1 saturated carbocycles. The van der Waals surface area contributed by atoms with Gasteiger partial charge in [-0.15, -0.1) is 0 Å². The minimum atomic E-state index is -5.74. The van der Waals surface area contributed by atoms with Crippen LogP contribution in [-0.2, 0) is 35.1 Å². The first-order valence-electron chi connectivity index (χ1n) is 30.1. The van der Waals surface area contributed by atoms with Gasteiger partial charge in [0.1, 0.15) is 17.5 Å². The number of rotatable bonds is 11. The molecule has 0 radical (unpaired) electrons. The Labute approximate surface area is 512 Å². The summed E-state index contributed by atoms with van der Waals surface area (Å²) in [5, 5.41) is 0. The van der Waals surface area contributed by atoms with Crippen molar-refractivity contribution in [2.24, 2.45) is 5.41 Å². The summed E-state index contributed by atoms with van der Waals surface area (Å²) in [4.78, 5) is 72.0. The van der Waals surface area contributed by atoms with Crippen LogP contribution in [0.4, 0.5) is 73.6 Å². The zero-order chi connectivity index (χ0) is 66.1. The van der Waals surface area contributed by atoms with Gasteiger partial charge in [0.2, 0.25) is 0 Å². The molecule has 0 unspecified atom stereocenters. The van der Waals surface area contributed by atoms with Crippen molar-refractivity contribution in [1.82, 2.24) is 24.5 Å². The van der Waals surface area contributed by atoms with Crippen LogP contribution in [0.5, 0.6) is 0 Å². The summed E-state index contributed by atoms with van der Waals surface area (Å²) in [6.45, 7) is 23.8. The number of halogens is 12. The number of esters is 2. The van der Waals surface area contributed by atoms with Crippen molar-refractivity contribution in [2.75, 3.05) is 108 Å². The van der Waals surface area contributed by atoms with Crippen LogP contribution in [0.3, 0.4) is 0 Å². The molecule has 0 atom stereocenters. The normalized spacial score (nSPS) is 19.8. The Kier molecular flexibility index (Phi) is 23.7. The molecule has 8 rings (SSSR count). The van der Waals surface area contributed by atoms with E-state index in [9.17, 15) is 76.7 Å². The lowest BCUT2D eigenvalue weighted by Crippen LogP contribution is -2.54. The maximum Gasteiger partial charge on any atom is 0.434 e. The molecule has 89 heavy (non-hydrogen) atoms. The molecule has 2 spiro atoms. The molecule has 5 heterocycles. The fourth-order valence-corrected chi connectivity index (χ4v) is 12.5. The second kappa shape index (κ2) is 29.2. The van der Waals surface area contributed by atoms with E-state index in [0.717, 1.165) is 142 Å². The lowest BCUT2D eigenvalue weighted by atomic mass is 9.77. The molecule has 1 aliphatic carbocycles. The third kappa shape index (κ3) is 21.7. The number of likely N-dealkylation sites (tertiary alicyclic amines) is 3. The molecule has 2 aromatic carbocycles. The maximum absolute atomic E-state index is 12.9. The summed E-state index contributed by atoms with van der Waals surface area (Å²) in [6, 6.07) is 12.3. The maximum atomic E-state index is 12.9. The molecule has 0 bridgehead atoms. The first-order valence-corrected chi connectivity index (χ1v) is 30.1. The number of piperidine rings is 2. The van der Waals surface area contributed by atoms with Crippen molar-refractivity contribution in [2.45, 2.75) is 180 Å². The number of ether oxygens (including phenoxy) is 4. The van der Waals surface area contributed by atoms with E-state index in [1.807, 2.05) is 67.5 Å². The minimum Gasteiger partial charge on any atom is -0.459 e. The van der Waals surface area contributed by atoms with E-state index in [0.29, 0.717) is 44.3 Å². The molecule has 28 heteroatoms. The quantitative estimate of drug-likeness (QED) is 0.0910. The van der Waals surface area contributed by atoms with Gasteiger partial charge in [-0.1, -0.05) is 18.9 Å². The van der Waals surface area contributed by atoms with E-state index in [-0.39, 0.29) is 55.6 Å². The van der Waals surface area contributed by atoms with Gasteiger partial charge in [0, 0.05) is 108 Å². The van der Waals surface area contributed by atoms with Crippen molar-refractivity contribution >= 4 is 41.8 Å². The Hall–Kier alpha value is -5.77. The summed E-state index contributed by atoms with van der Waals surface area (Å²) in [5.74, 6) is -0.414. The number of piperazine rings is 2. The van der Waals surface area contributed by atoms with Gasteiger partial charge in [-0.05, 0) is 166 Å². The molecule has 0 N–H and O–H groups in total. The molecular formula is C61H85F12N7O9. The summed E-state index contributed by atoms with van der Waals surface area (Å²) in [5.41, 5.74) is 5.01. The van der Waals surface area contributed by atoms with Crippen LogP contribution < -0.4 is 9.80 Å². The number of hydrogen-bond acceptors (Lipinski definition) is 14. The van der Waals surface area contributed by atoms with E-state index in [1.165, 1.54) is 0 Å². The monoisotopic (exact) mass is 1290 g/mol. The zero-order valence-electron chi connectivity index (χ0n) is 51.9. The van der Waals surface area contributed by atoms with Gasteiger partial charge < -0.3 is 38.5 Å². The number of aldehydes is 1. The summed E-state index contributed by atoms with van der Waals surface area (Å²) in [7, 11) is 0. The summed E-state index contributed by atoms with van der Waals surface area (Å²) >= 11 is 0. The van der Waals surface area contributed by atoms with Gasteiger partial charge in [0.05, 0.1) is 13.1 Å². The fourth-order valence-electron chi connectivity index (χ4n) is 12.5.